The van der Waals surface area contributed by atoms with E-state index in [1.807, 2.05) is 0 Å². The van der Waals surface area contributed by atoms with Crippen LogP contribution < -0.4 is 0 Å². The second-order valence-corrected chi connectivity index (χ2v) is 4.93. The number of carboxylic acids is 1. The molecule has 0 bridgehead atoms. The van der Waals surface area contributed by atoms with E-state index in [-0.39, 0.29) is 5.92 Å². The van der Waals surface area contributed by atoms with Crippen LogP contribution in [0, 0.1) is 11.8 Å². The zero-order valence-corrected chi connectivity index (χ0v) is 10.1. The quantitative estimate of drug-likeness (QED) is 0.679. The van der Waals surface area contributed by atoms with Gasteiger partial charge < -0.3 is 5.11 Å². The zero-order chi connectivity index (χ0) is 12.0. The molecule has 0 aliphatic heterocycles. The van der Waals surface area contributed by atoms with E-state index in [0.29, 0.717) is 11.7 Å². The number of hydrogen-bond donors (Lipinski definition) is 1. The van der Waals surface area contributed by atoms with Gasteiger partial charge in [0.25, 0.3) is 0 Å². The minimum Gasteiger partial charge on any atom is -0.481 e. The van der Waals surface area contributed by atoms with E-state index in [9.17, 15) is 9.59 Å². The van der Waals surface area contributed by atoms with Crippen molar-refractivity contribution in [2.24, 2.45) is 11.8 Å². The van der Waals surface area contributed by atoms with Gasteiger partial charge in [0, 0.05) is 12.3 Å². The summed E-state index contributed by atoms with van der Waals surface area (Å²) in [4.78, 5) is 21.9. The van der Waals surface area contributed by atoms with Crippen molar-refractivity contribution >= 4 is 11.8 Å². The van der Waals surface area contributed by atoms with E-state index in [1.165, 1.54) is 0 Å². The van der Waals surface area contributed by atoms with E-state index in [2.05, 4.69) is 0 Å². The smallest absolute Gasteiger partial charge is 0.306 e. The van der Waals surface area contributed by atoms with Gasteiger partial charge >= 0.3 is 5.97 Å². The van der Waals surface area contributed by atoms with Crippen LogP contribution in [0.2, 0.25) is 0 Å². The molecule has 0 saturated heterocycles. The molecular formula is C13H22O3. The minimum absolute atomic E-state index is 0.229. The lowest BCUT2D eigenvalue weighted by atomic mass is 9.97. The Hall–Kier alpha value is -0.860. The molecule has 0 aromatic rings. The maximum Gasteiger partial charge on any atom is 0.306 e. The molecule has 0 aromatic heterocycles. The maximum atomic E-state index is 11.4. The monoisotopic (exact) mass is 226 g/mol. The Kier molecular flexibility index (Phi) is 5.50. The van der Waals surface area contributed by atoms with Crippen LogP contribution in [0.5, 0.6) is 0 Å². The third-order valence-electron chi connectivity index (χ3n) is 3.54. The summed E-state index contributed by atoms with van der Waals surface area (Å²) in [6.07, 6.45) is 7.79. The molecule has 2 atom stereocenters. The van der Waals surface area contributed by atoms with Crippen molar-refractivity contribution in [3.63, 3.8) is 0 Å². The first-order chi connectivity index (χ1) is 7.61. The van der Waals surface area contributed by atoms with Crippen LogP contribution >= 0.6 is 0 Å². The van der Waals surface area contributed by atoms with Crippen LogP contribution in [0.1, 0.15) is 58.3 Å². The van der Waals surface area contributed by atoms with Crippen molar-refractivity contribution in [3.05, 3.63) is 0 Å². The summed E-state index contributed by atoms with van der Waals surface area (Å²) < 4.78 is 0. The summed E-state index contributed by atoms with van der Waals surface area (Å²) in [5.74, 6) is -0.171. The normalized spacial score (nSPS) is 22.3. The average molecular weight is 226 g/mol. The van der Waals surface area contributed by atoms with Crippen LogP contribution in [0.4, 0.5) is 0 Å². The van der Waals surface area contributed by atoms with Crippen LogP contribution in [-0.2, 0) is 9.59 Å². The largest absolute Gasteiger partial charge is 0.481 e. The highest BCUT2D eigenvalue weighted by atomic mass is 16.4. The molecule has 0 aromatic carbocycles. The third kappa shape index (κ3) is 4.33. The lowest BCUT2D eigenvalue weighted by Crippen LogP contribution is -2.09. The highest BCUT2D eigenvalue weighted by Crippen LogP contribution is 2.26. The number of rotatable bonds is 7. The first-order valence-corrected chi connectivity index (χ1v) is 6.36. The molecular weight excluding hydrogens is 204 g/mol. The Balaban J connectivity index is 1.99. The summed E-state index contributed by atoms with van der Waals surface area (Å²) in [6, 6.07) is 0. The van der Waals surface area contributed by atoms with E-state index in [1.54, 1.807) is 6.92 Å². The fourth-order valence-corrected chi connectivity index (χ4v) is 2.33. The number of ketones is 1. The fraction of sp³-hybridized carbons (Fsp3) is 0.846. The summed E-state index contributed by atoms with van der Waals surface area (Å²) in [6.45, 7) is 1.75. The molecule has 0 spiro atoms. The number of carboxylic acid groups (broad SMARTS) is 1. The number of carbonyl (C=O) groups excluding carboxylic acids is 1. The number of Topliss-reactive ketones (excluding diaryl/α,β-unsaturated/α-hetero) is 1. The predicted octanol–water partition coefficient (Wildman–Crippen LogP) is 3.03. The lowest BCUT2D eigenvalue weighted by molar-refractivity contribution is -0.141. The Bertz CT molecular complexity index is 248. The molecule has 3 heteroatoms. The van der Waals surface area contributed by atoms with Gasteiger partial charge in [-0.1, -0.05) is 26.2 Å². The Morgan fingerprint density at radius 2 is 2.19 bits per heavy atom. The molecule has 2 unspecified atom stereocenters. The van der Waals surface area contributed by atoms with Gasteiger partial charge in [0.15, 0.2) is 0 Å². The zero-order valence-electron chi connectivity index (χ0n) is 10.1. The molecule has 3 nitrogen and oxygen atoms in total. The van der Waals surface area contributed by atoms with Gasteiger partial charge in [0.1, 0.15) is 5.78 Å². The number of hydrogen-bond acceptors (Lipinski definition) is 2. The topological polar surface area (TPSA) is 54.4 Å². The van der Waals surface area contributed by atoms with E-state index in [4.69, 9.17) is 5.11 Å². The summed E-state index contributed by atoms with van der Waals surface area (Å²) >= 11 is 0. The second-order valence-electron chi connectivity index (χ2n) is 4.93. The number of unbranched alkanes of at least 4 members (excludes halogenated alkanes) is 2. The third-order valence-corrected chi connectivity index (χ3v) is 3.54. The molecule has 16 heavy (non-hydrogen) atoms. The Morgan fingerprint density at radius 1 is 1.44 bits per heavy atom. The van der Waals surface area contributed by atoms with Crippen LogP contribution in [-0.4, -0.2) is 16.9 Å². The van der Waals surface area contributed by atoms with E-state index < -0.39 is 5.97 Å². The van der Waals surface area contributed by atoms with Crippen molar-refractivity contribution in [2.75, 3.05) is 0 Å². The van der Waals surface area contributed by atoms with Gasteiger partial charge in [-0.05, 0) is 25.7 Å². The van der Waals surface area contributed by atoms with Crippen molar-refractivity contribution < 1.29 is 14.7 Å². The van der Waals surface area contributed by atoms with E-state index in [0.717, 1.165) is 51.4 Å². The van der Waals surface area contributed by atoms with Gasteiger partial charge in [0.05, 0.1) is 5.92 Å². The second kappa shape index (κ2) is 6.66. The molecule has 1 aliphatic rings. The van der Waals surface area contributed by atoms with Gasteiger partial charge in [-0.2, -0.15) is 0 Å². The molecule has 0 radical (unpaired) electrons. The molecule has 0 heterocycles. The summed E-state index contributed by atoms with van der Waals surface area (Å²) in [5.41, 5.74) is 0. The maximum absolute atomic E-state index is 11.4. The van der Waals surface area contributed by atoms with Gasteiger partial charge in [0.2, 0.25) is 0 Å². The first kappa shape index (κ1) is 13.2. The molecule has 1 N–H and O–H groups in total. The highest BCUT2D eigenvalue weighted by molar-refractivity contribution is 5.82. The minimum atomic E-state index is -0.703. The molecule has 92 valence electrons. The SMILES string of the molecule is CC(CCCCCC1CCCC1=O)C(=O)O. The van der Waals surface area contributed by atoms with Crippen LogP contribution in [0.15, 0.2) is 0 Å². The first-order valence-electron chi connectivity index (χ1n) is 6.36. The molecule has 0 amide bonds. The molecule has 1 saturated carbocycles. The van der Waals surface area contributed by atoms with Crippen molar-refractivity contribution in [1.29, 1.82) is 0 Å². The predicted molar refractivity (Wildman–Crippen MR) is 62.2 cm³/mol. The standard InChI is InChI=1S/C13H22O3/c1-10(13(15)16)6-3-2-4-7-11-8-5-9-12(11)14/h10-11H,2-9H2,1H3,(H,15,16). The Labute approximate surface area is 97.2 Å². The van der Waals surface area contributed by atoms with Crippen molar-refractivity contribution in [3.8, 4) is 0 Å². The Morgan fingerprint density at radius 3 is 2.75 bits per heavy atom. The van der Waals surface area contributed by atoms with Crippen molar-refractivity contribution in [2.45, 2.75) is 58.3 Å². The van der Waals surface area contributed by atoms with Gasteiger partial charge in [-0.25, -0.2) is 0 Å². The molecule has 1 fully saturated rings. The fourth-order valence-electron chi connectivity index (χ4n) is 2.33. The summed E-state index contributed by atoms with van der Waals surface area (Å²) in [7, 11) is 0. The van der Waals surface area contributed by atoms with Crippen molar-refractivity contribution in [1.82, 2.24) is 0 Å². The number of carbonyl (C=O) groups is 2. The van der Waals surface area contributed by atoms with Crippen LogP contribution in [0.25, 0.3) is 0 Å². The lowest BCUT2D eigenvalue weighted by Gasteiger charge is -2.08. The molecule has 1 rings (SSSR count). The summed E-state index contributed by atoms with van der Waals surface area (Å²) in [5, 5.41) is 8.70. The highest BCUT2D eigenvalue weighted by Gasteiger charge is 2.23. The van der Waals surface area contributed by atoms with Gasteiger partial charge in [-0.15, -0.1) is 0 Å². The average Bonchev–Trinajstić information content (AvgIpc) is 2.63. The van der Waals surface area contributed by atoms with E-state index >= 15 is 0 Å². The van der Waals surface area contributed by atoms with Gasteiger partial charge in [-0.3, -0.25) is 9.59 Å². The van der Waals surface area contributed by atoms with Crippen LogP contribution in [0.3, 0.4) is 0 Å². The molecule has 1 aliphatic carbocycles. The number of aliphatic carboxylic acids is 1.